The van der Waals surface area contributed by atoms with Gasteiger partial charge in [-0.3, -0.25) is 4.79 Å². The van der Waals surface area contributed by atoms with Crippen molar-refractivity contribution in [1.29, 1.82) is 0 Å². The van der Waals surface area contributed by atoms with Gasteiger partial charge in [0.2, 0.25) is 5.91 Å². The Morgan fingerprint density at radius 1 is 1.31 bits per heavy atom. The van der Waals surface area contributed by atoms with Gasteiger partial charge in [0, 0.05) is 13.0 Å². The lowest BCUT2D eigenvalue weighted by molar-refractivity contribution is -0.121. The fourth-order valence-corrected chi connectivity index (χ4v) is 1.74. The van der Waals surface area contributed by atoms with E-state index in [0.717, 1.165) is 25.7 Å². The second-order valence-electron chi connectivity index (χ2n) is 4.19. The Morgan fingerprint density at radius 3 is 2.44 bits per heavy atom. The molecular weight excluding hydrogens is 204 g/mol. The van der Waals surface area contributed by atoms with Crippen LogP contribution in [0.4, 0.5) is 0 Å². The molecule has 0 aromatic rings. The molecule has 0 aromatic heterocycles. The first-order chi connectivity index (χ1) is 7.65. The fraction of sp³-hybridized carbons (Fsp3) is 0.917. The van der Waals surface area contributed by atoms with Crippen molar-refractivity contribution in [3.63, 3.8) is 0 Å². The molecule has 0 aromatic carbocycles. The highest BCUT2D eigenvalue weighted by Crippen LogP contribution is 2.12. The standard InChI is InChI=1S/C12H26N2O2/c1-3-10(4-2)11(15)9-14-12(16)7-5-6-8-13/h10-11,15H,3-9,13H2,1-2H3,(H,14,16). The zero-order chi connectivity index (χ0) is 12.4. The van der Waals surface area contributed by atoms with Gasteiger partial charge in [0.05, 0.1) is 6.10 Å². The molecule has 96 valence electrons. The Kier molecular flexibility index (Phi) is 9.24. The van der Waals surface area contributed by atoms with Crippen LogP contribution < -0.4 is 11.1 Å². The molecular formula is C12H26N2O2. The number of nitrogens with two attached hydrogens (primary N) is 1. The zero-order valence-corrected chi connectivity index (χ0v) is 10.5. The van der Waals surface area contributed by atoms with Crippen LogP contribution in [0.15, 0.2) is 0 Å². The van der Waals surface area contributed by atoms with E-state index in [4.69, 9.17) is 5.73 Å². The Balaban J connectivity index is 3.65. The molecule has 1 atom stereocenters. The molecule has 16 heavy (non-hydrogen) atoms. The van der Waals surface area contributed by atoms with Crippen LogP contribution in [-0.2, 0) is 4.79 Å². The monoisotopic (exact) mass is 230 g/mol. The summed E-state index contributed by atoms with van der Waals surface area (Å²) >= 11 is 0. The molecule has 4 N–H and O–H groups in total. The fourth-order valence-electron chi connectivity index (χ4n) is 1.74. The minimum absolute atomic E-state index is 0.0125. The topological polar surface area (TPSA) is 75.3 Å². The summed E-state index contributed by atoms with van der Waals surface area (Å²) in [6.07, 6.45) is 3.67. The molecule has 0 heterocycles. The van der Waals surface area contributed by atoms with Gasteiger partial charge in [-0.15, -0.1) is 0 Å². The van der Waals surface area contributed by atoms with Crippen LogP contribution in [0.5, 0.6) is 0 Å². The first-order valence-corrected chi connectivity index (χ1v) is 6.30. The maximum atomic E-state index is 11.4. The molecule has 0 rings (SSSR count). The van der Waals surface area contributed by atoms with Gasteiger partial charge in [-0.2, -0.15) is 0 Å². The predicted molar refractivity (Wildman–Crippen MR) is 66.0 cm³/mol. The van der Waals surface area contributed by atoms with E-state index in [0.29, 0.717) is 19.5 Å². The van der Waals surface area contributed by atoms with E-state index in [1.165, 1.54) is 0 Å². The lowest BCUT2D eigenvalue weighted by Crippen LogP contribution is -2.36. The van der Waals surface area contributed by atoms with E-state index in [9.17, 15) is 9.90 Å². The van der Waals surface area contributed by atoms with Gasteiger partial charge in [-0.1, -0.05) is 26.7 Å². The number of nitrogens with one attached hydrogen (secondary N) is 1. The minimum Gasteiger partial charge on any atom is -0.391 e. The van der Waals surface area contributed by atoms with Crippen molar-refractivity contribution >= 4 is 5.91 Å². The summed E-state index contributed by atoms with van der Waals surface area (Å²) in [5.41, 5.74) is 5.34. The predicted octanol–water partition coefficient (Wildman–Crippen LogP) is 1.03. The van der Waals surface area contributed by atoms with E-state index in [2.05, 4.69) is 19.2 Å². The minimum atomic E-state index is -0.423. The van der Waals surface area contributed by atoms with Crippen LogP contribution in [0.3, 0.4) is 0 Å². The third kappa shape index (κ3) is 6.80. The smallest absolute Gasteiger partial charge is 0.220 e. The number of carbonyl (C=O) groups is 1. The first kappa shape index (κ1) is 15.4. The van der Waals surface area contributed by atoms with Crippen molar-refractivity contribution in [1.82, 2.24) is 5.32 Å². The van der Waals surface area contributed by atoms with Crippen LogP contribution in [0.1, 0.15) is 46.0 Å². The van der Waals surface area contributed by atoms with Gasteiger partial charge in [0.15, 0.2) is 0 Å². The van der Waals surface area contributed by atoms with Crippen LogP contribution in [0, 0.1) is 5.92 Å². The van der Waals surface area contributed by atoms with Gasteiger partial charge in [-0.05, 0) is 25.3 Å². The first-order valence-electron chi connectivity index (χ1n) is 6.30. The Hall–Kier alpha value is -0.610. The van der Waals surface area contributed by atoms with Gasteiger partial charge in [-0.25, -0.2) is 0 Å². The van der Waals surface area contributed by atoms with E-state index in [-0.39, 0.29) is 11.8 Å². The molecule has 0 saturated heterocycles. The normalized spacial score (nSPS) is 12.8. The van der Waals surface area contributed by atoms with Crippen LogP contribution >= 0.6 is 0 Å². The van der Waals surface area contributed by atoms with Crippen molar-refractivity contribution in [2.24, 2.45) is 11.7 Å². The summed E-state index contributed by atoms with van der Waals surface area (Å²) in [6, 6.07) is 0. The number of hydrogen-bond acceptors (Lipinski definition) is 3. The third-order valence-electron chi connectivity index (χ3n) is 2.96. The van der Waals surface area contributed by atoms with Gasteiger partial charge >= 0.3 is 0 Å². The molecule has 0 aliphatic heterocycles. The highest BCUT2D eigenvalue weighted by Gasteiger charge is 2.15. The summed E-state index contributed by atoms with van der Waals surface area (Å²) < 4.78 is 0. The SMILES string of the molecule is CCC(CC)C(O)CNC(=O)CCCCN. The largest absolute Gasteiger partial charge is 0.391 e. The quantitative estimate of drug-likeness (QED) is 0.518. The zero-order valence-electron chi connectivity index (χ0n) is 10.5. The number of rotatable bonds is 9. The number of carbonyl (C=O) groups excluding carboxylic acids is 1. The second-order valence-corrected chi connectivity index (χ2v) is 4.19. The molecule has 0 aliphatic carbocycles. The molecule has 0 spiro atoms. The lowest BCUT2D eigenvalue weighted by atomic mass is 9.96. The van der Waals surface area contributed by atoms with Crippen LogP contribution in [0.2, 0.25) is 0 Å². The van der Waals surface area contributed by atoms with Crippen LogP contribution in [0.25, 0.3) is 0 Å². The Bertz CT molecular complexity index is 182. The molecule has 0 saturated carbocycles. The van der Waals surface area contributed by atoms with Crippen molar-refractivity contribution in [3.05, 3.63) is 0 Å². The summed E-state index contributed by atoms with van der Waals surface area (Å²) in [5.74, 6) is 0.294. The highest BCUT2D eigenvalue weighted by atomic mass is 16.3. The summed E-state index contributed by atoms with van der Waals surface area (Å²) in [7, 11) is 0. The Labute approximate surface area is 98.6 Å². The van der Waals surface area contributed by atoms with E-state index < -0.39 is 6.10 Å². The third-order valence-corrected chi connectivity index (χ3v) is 2.96. The molecule has 1 unspecified atom stereocenters. The van der Waals surface area contributed by atoms with Crippen molar-refractivity contribution in [3.8, 4) is 0 Å². The molecule has 0 radical (unpaired) electrons. The molecule has 4 nitrogen and oxygen atoms in total. The highest BCUT2D eigenvalue weighted by molar-refractivity contribution is 5.75. The summed E-state index contributed by atoms with van der Waals surface area (Å²) in [4.78, 5) is 11.4. The maximum absolute atomic E-state index is 11.4. The summed E-state index contributed by atoms with van der Waals surface area (Å²) in [5, 5.41) is 12.6. The number of amides is 1. The van der Waals surface area contributed by atoms with Crippen molar-refractivity contribution < 1.29 is 9.90 Å². The maximum Gasteiger partial charge on any atom is 0.220 e. The number of aliphatic hydroxyl groups excluding tert-OH is 1. The molecule has 0 aliphatic rings. The Morgan fingerprint density at radius 2 is 1.94 bits per heavy atom. The van der Waals surface area contributed by atoms with Crippen LogP contribution in [-0.4, -0.2) is 30.2 Å². The number of unbranched alkanes of at least 4 members (excludes halogenated alkanes) is 1. The molecule has 4 heteroatoms. The summed E-state index contributed by atoms with van der Waals surface area (Å²) in [6.45, 7) is 5.11. The van der Waals surface area contributed by atoms with Crippen molar-refractivity contribution in [2.75, 3.05) is 13.1 Å². The average molecular weight is 230 g/mol. The van der Waals surface area contributed by atoms with E-state index >= 15 is 0 Å². The van der Waals surface area contributed by atoms with E-state index in [1.807, 2.05) is 0 Å². The number of hydrogen-bond donors (Lipinski definition) is 3. The molecule has 0 bridgehead atoms. The van der Waals surface area contributed by atoms with Gasteiger partial charge < -0.3 is 16.2 Å². The van der Waals surface area contributed by atoms with E-state index in [1.54, 1.807) is 0 Å². The van der Waals surface area contributed by atoms with Crippen molar-refractivity contribution in [2.45, 2.75) is 52.1 Å². The lowest BCUT2D eigenvalue weighted by Gasteiger charge is -2.20. The molecule has 1 amide bonds. The second kappa shape index (κ2) is 9.60. The number of aliphatic hydroxyl groups is 1. The van der Waals surface area contributed by atoms with Gasteiger partial charge in [0.1, 0.15) is 0 Å². The van der Waals surface area contributed by atoms with Gasteiger partial charge in [0.25, 0.3) is 0 Å². The molecule has 0 fully saturated rings. The average Bonchev–Trinajstić information content (AvgIpc) is 2.28.